The fraction of sp³-hybridized carbons (Fsp3) is 0.200. The van der Waals surface area contributed by atoms with E-state index in [1.807, 2.05) is 0 Å². The second-order valence-corrected chi connectivity index (χ2v) is 3.23. The number of carbonyl (C=O) groups excluding carboxylic acids is 1. The van der Waals surface area contributed by atoms with Crippen LogP contribution in [0.3, 0.4) is 0 Å². The van der Waals surface area contributed by atoms with Crippen LogP contribution in [0, 0.1) is 10.1 Å². The zero-order chi connectivity index (χ0) is 13.7. The Labute approximate surface area is 101 Å². The van der Waals surface area contributed by atoms with Gasteiger partial charge < -0.3 is 15.2 Å². The van der Waals surface area contributed by atoms with Crippen LogP contribution in [0.25, 0.3) is 0 Å². The number of aliphatic carboxylic acids is 1. The van der Waals surface area contributed by atoms with Crippen molar-refractivity contribution >= 4 is 23.3 Å². The Morgan fingerprint density at radius 1 is 1.50 bits per heavy atom. The molecule has 96 valence electrons. The number of carboxylic acid groups (broad SMARTS) is 1. The Balaban J connectivity index is 3.08. The molecule has 1 rings (SSSR count). The molecule has 0 heterocycles. The number of benzene rings is 1. The lowest BCUT2D eigenvalue weighted by Crippen LogP contribution is -2.13. The quantitative estimate of drug-likeness (QED) is 0.454. The van der Waals surface area contributed by atoms with Crippen LogP contribution in [0.2, 0.25) is 0 Å². The first-order valence-electron chi connectivity index (χ1n) is 4.78. The Bertz CT molecular complexity index is 499. The molecule has 0 aromatic heterocycles. The highest BCUT2D eigenvalue weighted by molar-refractivity contribution is 5.91. The van der Waals surface area contributed by atoms with Crippen molar-refractivity contribution in [1.29, 1.82) is 0 Å². The Morgan fingerprint density at radius 2 is 2.17 bits per heavy atom. The first kappa shape index (κ1) is 13.4. The summed E-state index contributed by atoms with van der Waals surface area (Å²) in [6.07, 6.45) is 0. The van der Waals surface area contributed by atoms with Gasteiger partial charge in [-0.1, -0.05) is 0 Å². The van der Waals surface area contributed by atoms with Crippen molar-refractivity contribution in [2.24, 2.45) is 0 Å². The molecule has 0 aliphatic carbocycles. The van der Waals surface area contributed by atoms with Crippen LogP contribution in [-0.4, -0.2) is 35.6 Å². The molecule has 0 amide bonds. The van der Waals surface area contributed by atoms with Crippen LogP contribution in [0.15, 0.2) is 18.2 Å². The maximum Gasteiger partial charge on any atom is 0.338 e. The van der Waals surface area contributed by atoms with Crippen molar-refractivity contribution in [3.63, 3.8) is 0 Å². The van der Waals surface area contributed by atoms with E-state index < -0.39 is 23.4 Å². The molecule has 0 saturated carbocycles. The van der Waals surface area contributed by atoms with Gasteiger partial charge in [0.1, 0.15) is 12.2 Å². The van der Waals surface area contributed by atoms with E-state index in [0.717, 1.165) is 13.2 Å². The second-order valence-electron chi connectivity index (χ2n) is 3.23. The average Bonchev–Trinajstić information content (AvgIpc) is 2.34. The molecule has 1 aromatic rings. The molecule has 0 bridgehead atoms. The van der Waals surface area contributed by atoms with Crippen molar-refractivity contribution in [2.75, 3.05) is 19.0 Å². The molecule has 0 radical (unpaired) electrons. The standard InChI is InChI=1S/C10H10N2O6/c1-18-10(15)6-2-3-7(11-5-9(13)14)8(4-6)12(16)17/h2-4,11H,5H2,1H3,(H,13,14). The van der Waals surface area contributed by atoms with Gasteiger partial charge in [0.2, 0.25) is 0 Å². The van der Waals surface area contributed by atoms with Gasteiger partial charge in [0.25, 0.3) is 5.69 Å². The number of nitro groups is 1. The minimum absolute atomic E-state index is 0.0186. The number of esters is 1. The van der Waals surface area contributed by atoms with E-state index in [0.29, 0.717) is 0 Å². The monoisotopic (exact) mass is 254 g/mol. The molecule has 0 spiro atoms. The number of nitrogens with one attached hydrogen (secondary N) is 1. The van der Waals surface area contributed by atoms with E-state index >= 15 is 0 Å². The van der Waals surface area contributed by atoms with Gasteiger partial charge in [0, 0.05) is 6.07 Å². The van der Waals surface area contributed by atoms with E-state index in [-0.39, 0.29) is 16.9 Å². The summed E-state index contributed by atoms with van der Waals surface area (Å²) in [5.74, 6) is -1.86. The summed E-state index contributed by atoms with van der Waals surface area (Å²) in [6, 6.07) is 3.59. The first-order chi connectivity index (χ1) is 8.45. The number of carbonyl (C=O) groups is 2. The van der Waals surface area contributed by atoms with Gasteiger partial charge in [-0.15, -0.1) is 0 Å². The predicted molar refractivity (Wildman–Crippen MR) is 60.6 cm³/mol. The van der Waals surface area contributed by atoms with Gasteiger partial charge in [-0.25, -0.2) is 4.79 Å². The SMILES string of the molecule is COC(=O)c1ccc(NCC(=O)O)c([N+](=O)[O-])c1. The van der Waals surface area contributed by atoms with E-state index in [1.54, 1.807) is 0 Å². The Kier molecular flexibility index (Phi) is 4.19. The highest BCUT2D eigenvalue weighted by Crippen LogP contribution is 2.25. The summed E-state index contributed by atoms with van der Waals surface area (Å²) in [4.78, 5) is 31.7. The first-order valence-corrected chi connectivity index (χ1v) is 4.78. The lowest BCUT2D eigenvalue weighted by Gasteiger charge is -2.06. The summed E-state index contributed by atoms with van der Waals surface area (Å²) in [6.45, 7) is -0.460. The molecule has 18 heavy (non-hydrogen) atoms. The van der Waals surface area contributed by atoms with E-state index in [2.05, 4.69) is 10.1 Å². The number of methoxy groups -OCH3 is 1. The molecule has 8 nitrogen and oxygen atoms in total. The van der Waals surface area contributed by atoms with E-state index in [4.69, 9.17) is 5.11 Å². The van der Waals surface area contributed by atoms with Gasteiger partial charge >= 0.3 is 11.9 Å². The largest absolute Gasteiger partial charge is 0.480 e. The fourth-order valence-corrected chi connectivity index (χ4v) is 1.25. The van der Waals surface area contributed by atoms with Crippen LogP contribution < -0.4 is 5.32 Å². The van der Waals surface area contributed by atoms with Gasteiger partial charge in [0.15, 0.2) is 0 Å². The van der Waals surface area contributed by atoms with E-state index in [9.17, 15) is 19.7 Å². The number of nitro benzene ring substituents is 1. The molecule has 0 atom stereocenters. The topological polar surface area (TPSA) is 119 Å². The third-order valence-corrected chi connectivity index (χ3v) is 2.05. The number of anilines is 1. The minimum Gasteiger partial charge on any atom is -0.480 e. The average molecular weight is 254 g/mol. The lowest BCUT2D eigenvalue weighted by molar-refractivity contribution is -0.384. The summed E-state index contributed by atoms with van der Waals surface area (Å²) in [7, 11) is 1.16. The van der Waals surface area contributed by atoms with Crippen molar-refractivity contribution in [3.05, 3.63) is 33.9 Å². The molecule has 0 fully saturated rings. The minimum atomic E-state index is -1.15. The van der Waals surface area contributed by atoms with Crippen molar-refractivity contribution < 1.29 is 24.4 Å². The van der Waals surface area contributed by atoms with Crippen LogP contribution in [0.4, 0.5) is 11.4 Å². The fourth-order valence-electron chi connectivity index (χ4n) is 1.25. The third kappa shape index (κ3) is 3.17. The van der Waals surface area contributed by atoms with E-state index in [1.165, 1.54) is 12.1 Å². The third-order valence-electron chi connectivity index (χ3n) is 2.05. The Morgan fingerprint density at radius 3 is 2.67 bits per heavy atom. The van der Waals surface area contributed by atoms with Crippen molar-refractivity contribution in [1.82, 2.24) is 0 Å². The van der Waals surface area contributed by atoms with Crippen LogP contribution in [0.5, 0.6) is 0 Å². The molecule has 0 aliphatic rings. The van der Waals surface area contributed by atoms with Crippen molar-refractivity contribution in [3.8, 4) is 0 Å². The van der Waals surface area contributed by atoms with Crippen LogP contribution in [0.1, 0.15) is 10.4 Å². The number of hydrogen-bond donors (Lipinski definition) is 2. The van der Waals surface area contributed by atoms with Gasteiger partial charge in [-0.3, -0.25) is 14.9 Å². The van der Waals surface area contributed by atoms with Gasteiger partial charge in [-0.2, -0.15) is 0 Å². The van der Waals surface area contributed by atoms with Crippen molar-refractivity contribution in [2.45, 2.75) is 0 Å². The second kappa shape index (κ2) is 5.62. The lowest BCUT2D eigenvalue weighted by atomic mass is 10.1. The number of carboxylic acids is 1. The summed E-state index contributed by atoms with van der Waals surface area (Å²) < 4.78 is 4.43. The molecule has 0 aliphatic heterocycles. The molecule has 1 aromatic carbocycles. The smallest absolute Gasteiger partial charge is 0.338 e. The number of ether oxygens (including phenoxy) is 1. The van der Waals surface area contributed by atoms with Crippen LogP contribution in [-0.2, 0) is 9.53 Å². The zero-order valence-corrected chi connectivity index (χ0v) is 9.37. The number of nitrogens with zero attached hydrogens (tertiary/aromatic N) is 1. The maximum absolute atomic E-state index is 11.2. The molecule has 2 N–H and O–H groups in total. The van der Waals surface area contributed by atoms with Crippen LogP contribution >= 0.6 is 0 Å². The molecule has 0 unspecified atom stereocenters. The van der Waals surface area contributed by atoms with Gasteiger partial charge in [0.05, 0.1) is 17.6 Å². The zero-order valence-electron chi connectivity index (χ0n) is 9.37. The maximum atomic E-state index is 11.2. The molecule has 0 saturated heterocycles. The molecular weight excluding hydrogens is 244 g/mol. The summed E-state index contributed by atoms with van der Waals surface area (Å²) in [5, 5.41) is 21.7. The highest BCUT2D eigenvalue weighted by Gasteiger charge is 2.18. The van der Waals surface area contributed by atoms with Gasteiger partial charge in [-0.05, 0) is 12.1 Å². The molecule has 8 heteroatoms. The predicted octanol–water partition coefficient (Wildman–Crippen LogP) is 0.878. The number of rotatable bonds is 5. The summed E-state index contributed by atoms with van der Waals surface area (Å²) >= 11 is 0. The summed E-state index contributed by atoms with van der Waals surface area (Å²) in [5.41, 5.74) is -0.348. The Hall–Kier alpha value is -2.64. The normalized spacial score (nSPS) is 9.61. The molecular formula is C10H10N2O6. The number of hydrogen-bond acceptors (Lipinski definition) is 6. The highest BCUT2D eigenvalue weighted by atomic mass is 16.6.